The maximum atomic E-state index is 12.3. The lowest BCUT2D eigenvalue weighted by molar-refractivity contribution is -0.119. The lowest BCUT2D eigenvalue weighted by atomic mass is 10.0. The molecule has 0 saturated carbocycles. The van der Waals surface area contributed by atoms with Gasteiger partial charge in [0.15, 0.2) is 0 Å². The topological polar surface area (TPSA) is 79.4 Å². The lowest BCUT2D eigenvalue weighted by Gasteiger charge is -2.17. The van der Waals surface area contributed by atoms with Crippen LogP contribution in [-0.4, -0.2) is 43.5 Å². The van der Waals surface area contributed by atoms with Crippen molar-refractivity contribution < 1.29 is 13.2 Å². The molecule has 0 radical (unpaired) electrons. The van der Waals surface area contributed by atoms with Gasteiger partial charge in [-0.25, -0.2) is 17.7 Å². The Bertz CT molecular complexity index is 864. The van der Waals surface area contributed by atoms with Gasteiger partial charge in [0.25, 0.3) is 0 Å². The van der Waals surface area contributed by atoms with Gasteiger partial charge in [-0.05, 0) is 31.0 Å². The van der Waals surface area contributed by atoms with E-state index in [0.29, 0.717) is 5.03 Å². The fourth-order valence-electron chi connectivity index (χ4n) is 2.41. The van der Waals surface area contributed by atoms with Crippen LogP contribution >= 0.6 is 11.8 Å². The molecule has 6 nitrogen and oxygen atoms in total. The van der Waals surface area contributed by atoms with E-state index in [0.717, 1.165) is 16.3 Å². The largest absolute Gasteiger partial charge is 0.349 e. The molecule has 0 saturated heterocycles. The minimum Gasteiger partial charge on any atom is -0.349 e. The Morgan fingerprint density at radius 1 is 1.19 bits per heavy atom. The Balaban J connectivity index is 1.94. The standard InChI is InChI=1S/C19H25N3O3S2/c1-5-17(15-8-6-14(2)7-9-15)21-18(23)13-26-19-11-10-16(12-20-19)27(24,25)22(3)4/h6-12,17H,5,13H2,1-4H3,(H,21,23)/t17-/m1/s1. The Labute approximate surface area is 165 Å². The number of carbonyl (C=O) groups excluding carboxylic acids is 1. The Morgan fingerprint density at radius 3 is 2.37 bits per heavy atom. The van der Waals surface area contributed by atoms with Gasteiger partial charge in [-0.15, -0.1) is 0 Å². The van der Waals surface area contributed by atoms with E-state index in [1.165, 1.54) is 43.7 Å². The molecule has 1 aromatic carbocycles. The molecule has 146 valence electrons. The monoisotopic (exact) mass is 407 g/mol. The minimum atomic E-state index is -3.50. The molecule has 0 unspecified atom stereocenters. The number of sulfonamides is 1. The summed E-state index contributed by atoms with van der Waals surface area (Å²) in [6.07, 6.45) is 2.12. The summed E-state index contributed by atoms with van der Waals surface area (Å²) < 4.78 is 25.2. The van der Waals surface area contributed by atoms with Gasteiger partial charge in [0.1, 0.15) is 4.90 Å². The molecular weight excluding hydrogens is 382 g/mol. The van der Waals surface area contributed by atoms with Crippen molar-refractivity contribution in [2.75, 3.05) is 19.8 Å². The normalized spacial score (nSPS) is 12.8. The van der Waals surface area contributed by atoms with Gasteiger partial charge in [-0.3, -0.25) is 4.79 Å². The SMILES string of the molecule is CC[C@@H](NC(=O)CSc1ccc(S(=O)(=O)N(C)C)cn1)c1ccc(C)cc1. The molecule has 0 fully saturated rings. The molecule has 0 aliphatic heterocycles. The summed E-state index contributed by atoms with van der Waals surface area (Å²) in [4.78, 5) is 16.6. The summed E-state index contributed by atoms with van der Waals surface area (Å²) in [5.74, 6) is 0.133. The van der Waals surface area contributed by atoms with Crippen LogP contribution in [0.3, 0.4) is 0 Å². The molecule has 0 bridgehead atoms. The number of hydrogen-bond donors (Lipinski definition) is 1. The van der Waals surface area contributed by atoms with Crippen molar-refractivity contribution >= 4 is 27.7 Å². The first kappa shape index (κ1) is 21.4. The van der Waals surface area contributed by atoms with E-state index in [2.05, 4.69) is 10.3 Å². The van der Waals surface area contributed by atoms with Crippen molar-refractivity contribution in [1.82, 2.24) is 14.6 Å². The molecule has 1 atom stereocenters. The fourth-order valence-corrected chi connectivity index (χ4v) is 3.91. The van der Waals surface area contributed by atoms with Crippen molar-refractivity contribution in [3.05, 3.63) is 53.7 Å². The number of benzene rings is 1. The van der Waals surface area contributed by atoms with E-state index in [9.17, 15) is 13.2 Å². The van der Waals surface area contributed by atoms with Gasteiger partial charge in [-0.1, -0.05) is 48.5 Å². The van der Waals surface area contributed by atoms with Crippen LogP contribution in [0.2, 0.25) is 0 Å². The number of amides is 1. The van der Waals surface area contributed by atoms with Gasteiger partial charge in [0.2, 0.25) is 15.9 Å². The van der Waals surface area contributed by atoms with E-state index in [1.54, 1.807) is 6.07 Å². The summed E-state index contributed by atoms with van der Waals surface area (Å²) >= 11 is 1.27. The molecule has 0 spiro atoms. The smallest absolute Gasteiger partial charge is 0.244 e. The van der Waals surface area contributed by atoms with Crippen LogP contribution in [0.15, 0.2) is 52.5 Å². The Morgan fingerprint density at radius 2 is 1.85 bits per heavy atom. The highest BCUT2D eigenvalue weighted by Gasteiger charge is 2.18. The van der Waals surface area contributed by atoms with Crippen molar-refractivity contribution in [1.29, 1.82) is 0 Å². The number of aromatic nitrogens is 1. The van der Waals surface area contributed by atoms with Crippen molar-refractivity contribution in [3.63, 3.8) is 0 Å². The van der Waals surface area contributed by atoms with Crippen LogP contribution in [0.5, 0.6) is 0 Å². The third kappa shape index (κ3) is 5.79. The number of hydrogen-bond acceptors (Lipinski definition) is 5. The van der Waals surface area contributed by atoms with Crippen LogP contribution < -0.4 is 5.32 Å². The summed E-state index contributed by atoms with van der Waals surface area (Å²) in [6, 6.07) is 11.2. The molecule has 2 aromatic rings. The van der Waals surface area contributed by atoms with Gasteiger partial charge in [-0.2, -0.15) is 0 Å². The quantitative estimate of drug-likeness (QED) is 0.681. The summed E-state index contributed by atoms with van der Waals surface area (Å²) in [5, 5.41) is 3.64. The number of nitrogens with zero attached hydrogens (tertiary/aromatic N) is 2. The first-order valence-corrected chi connectivity index (χ1v) is 11.0. The van der Waals surface area contributed by atoms with Crippen LogP contribution in [0.4, 0.5) is 0 Å². The predicted octanol–water partition coefficient (Wildman–Crippen LogP) is 3.00. The first-order chi connectivity index (χ1) is 12.7. The van der Waals surface area contributed by atoms with Gasteiger partial charge >= 0.3 is 0 Å². The molecule has 1 N–H and O–H groups in total. The van der Waals surface area contributed by atoms with E-state index in [1.807, 2.05) is 38.1 Å². The molecule has 0 aliphatic carbocycles. The van der Waals surface area contributed by atoms with Crippen LogP contribution in [-0.2, 0) is 14.8 Å². The van der Waals surface area contributed by atoms with Gasteiger partial charge in [0, 0.05) is 20.3 Å². The first-order valence-electron chi connectivity index (χ1n) is 8.61. The number of rotatable bonds is 8. The second-order valence-corrected chi connectivity index (χ2v) is 9.49. The molecule has 8 heteroatoms. The molecule has 1 amide bonds. The van der Waals surface area contributed by atoms with E-state index < -0.39 is 10.0 Å². The zero-order chi connectivity index (χ0) is 20.0. The highest BCUT2D eigenvalue weighted by atomic mass is 32.2. The molecule has 27 heavy (non-hydrogen) atoms. The van der Waals surface area contributed by atoms with Crippen molar-refractivity contribution in [2.45, 2.75) is 36.2 Å². The maximum Gasteiger partial charge on any atom is 0.244 e. The Hall–Kier alpha value is -1.90. The number of thioether (sulfide) groups is 1. The van der Waals surface area contributed by atoms with Gasteiger partial charge in [0.05, 0.1) is 16.8 Å². The molecule has 2 rings (SSSR count). The second-order valence-electron chi connectivity index (χ2n) is 6.35. The summed E-state index contributed by atoms with van der Waals surface area (Å²) in [5.41, 5.74) is 2.26. The molecule has 0 aliphatic rings. The number of pyridine rings is 1. The van der Waals surface area contributed by atoms with Crippen LogP contribution in [0.1, 0.15) is 30.5 Å². The second kappa shape index (κ2) is 9.34. The zero-order valence-electron chi connectivity index (χ0n) is 16.0. The molecule has 1 aromatic heterocycles. The summed E-state index contributed by atoms with van der Waals surface area (Å²) in [7, 11) is -0.550. The highest BCUT2D eigenvalue weighted by Crippen LogP contribution is 2.20. The average molecular weight is 408 g/mol. The van der Waals surface area contributed by atoms with Crippen molar-refractivity contribution in [3.8, 4) is 0 Å². The number of nitrogens with one attached hydrogen (secondary N) is 1. The highest BCUT2D eigenvalue weighted by molar-refractivity contribution is 7.99. The van der Waals surface area contributed by atoms with Crippen LogP contribution in [0.25, 0.3) is 0 Å². The number of aryl methyl sites for hydroxylation is 1. The summed E-state index contributed by atoms with van der Waals surface area (Å²) in [6.45, 7) is 4.06. The fraction of sp³-hybridized carbons (Fsp3) is 0.368. The third-order valence-corrected chi connectivity index (χ3v) is 6.80. The van der Waals surface area contributed by atoms with Crippen LogP contribution in [0, 0.1) is 6.92 Å². The Kier molecular flexibility index (Phi) is 7.41. The predicted molar refractivity (Wildman–Crippen MR) is 108 cm³/mol. The minimum absolute atomic E-state index is 0.0285. The maximum absolute atomic E-state index is 12.3. The number of carbonyl (C=O) groups is 1. The third-order valence-electron chi connectivity index (χ3n) is 4.06. The zero-order valence-corrected chi connectivity index (χ0v) is 17.6. The lowest BCUT2D eigenvalue weighted by Crippen LogP contribution is -2.29. The van der Waals surface area contributed by atoms with E-state index in [-0.39, 0.29) is 22.6 Å². The average Bonchev–Trinajstić information content (AvgIpc) is 2.65. The molecule has 1 heterocycles. The molecular formula is C19H25N3O3S2. The van der Waals surface area contributed by atoms with E-state index >= 15 is 0 Å². The van der Waals surface area contributed by atoms with Gasteiger partial charge < -0.3 is 5.32 Å². The van der Waals surface area contributed by atoms with Crippen molar-refractivity contribution in [2.24, 2.45) is 0 Å². The van der Waals surface area contributed by atoms with E-state index in [4.69, 9.17) is 0 Å².